The van der Waals surface area contributed by atoms with Crippen LogP contribution in [0.5, 0.6) is 5.75 Å². The molecule has 0 radical (unpaired) electrons. The number of aliphatic hydroxyl groups excluding tert-OH is 1. The van der Waals surface area contributed by atoms with Gasteiger partial charge in [0, 0.05) is 79.9 Å². The first-order valence-electron chi connectivity index (χ1n) is 24.4. The summed E-state index contributed by atoms with van der Waals surface area (Å²) < 4.78 is 12.4. The first kappa shape index (κ1) is 53.2. The average molecular weight is 1010 g/mol. The molecule has 15 nitrogen and oxygen atoms in total. The Morgan fingerprint density at radius 1 is 0.958 bits per heavy atom. The molecule has 2 saturated heterocycles. The number of hydrogen-bond acceptors (Lipinski definition) is 12. The first-order chi connectivity index (χ1) is 33.5. The Labute approximate surface area is 427 Å². The minimum absolute atomic E-state index is 0.0180. The van der Waals surface area contributed by atoms with Gasteiger partial charge in [-0.3, -0.25) is 24.1 Å². The maximum Gasteiger partial charge on any atom is 0.251 e. The number of piperazine rings is 1. The summed E-state index contributed by atoms with van der Waals surface area (Å²) >= 11 is 7.84. The van der Waals surface area contributed by atoms with Gasteiger partial charge in [-0.1, -0.05) is 84.3 Å². The Kier molecular flexibility index (Phi) is 16.2. The lowest BCUT2D eigenvalue weighted by atomic mass is 9.49. The Morgan fingerprint density at radius 3 is 2.21 bits per heavy atom. The molecule has 0 unspecified atom stereocenters. The number of nitriles is 1. The summed E-state index contributed by atoms with van der Waals surface area (Å²) in [5, 5.41) is 29.5. The van der Waals surface area contributed by atoms with Gasteiger partial charge in [0.05, 0.1) is 44.9 Å². The van der Waals surface area contributed by atoms with Gasteiger partial charge in [-0.15, -0.1) is 11.3 Å². The zero-order valence-electron chi connectivity index (χ0n) is 42.5. The van der Waals surface area contributed by atoms with Crippen LogP contribution in [-0.2, 0) is 19.1 Å². The second kappa shape index (κ2) is 21.6. The van der Waals surface area contributed by atoms with Gasteiger partial charge in [0.15, 0.2) is 0 Å². The molecule has 3 aliphatic rings. The molecule has 7 rings (SSSR count). The Balaban J connectivity index is 0.846. The van der Waals surface area contributed by atoms with Gasteiger partial charge < -0.3 is 40.3 Å². The highest BCUT2D eigenvalue weighted by Gasteiger charge is 2.64. The van der Waals surface area contributed by atoms with Crippen molar-refractivity contribution in [3.63, 3.8) is 0 Å². The van der Waals surface area contributed by atoms with Crippen LogP contribution < -0.4 is 25.6 Å². The van der Waals surface area contributed by atoms with Crippen LogP contribution in [0.2, 0.25) is 5.02 Å². The molecule has 71 heavy (non-hydrogen) atoms. The zero-order valence-corrected chi connectivity index (χ0v) is 44.1. The number of amides is 4. The van der Waals surface area contributed by atoms with E-state index in [-0.39, 0.29) is 66.5 Å². The predicted molar refractivity (Wildman–Crippen MR) is 276 cm³/mol. The number of nitrogens with one attached hydrogen (secondary N) is 3. The van der Waals surface area contributed by atoms with Gasteiger partial charge in [0.25, 0.3) is 5.91 Å². The number of aromatic nitrogens is 1. The van der Waals surface area contributed by atoms with Crippen LogP contribution in [0.1, 0.15) is 102 Å². The van der Waals surface area contributed by atoms with Crippen molar-refractivity contribution in [3.05, 3.63) is 99.6 Å². The van der Waals surface area contributed by atoms with Gasteiger partial charge in [0.2, 0.25) is 17.7 Å². The summed E-state index contributed by atoms with van der Waals surface area (Å²) in [7, 11) is 0. The highest BCUT2D eigenvalue weighted by Crippen LogP contribution is 2.55. The van der Waals surface area contributed by atoms with Gasteiger partial charge in [0.1, 0.15) is 36.6 Å². The lowest BCUT2D eigenvalue weighted by Crippen LogP contribution is -2.74. The van der Waals surface area contributed by atoms with Crippen LogP contribution >= 0.6 is 22.9 Å². The van der Waals surface area contributed by atoms with E-state index in [2.05, 4.69) is 64.5 Å². The van der Waals surface area contributed by atoms with Crippen molar-refractivity contribution in [2.75, 3.05) is 50.8 Å². The summed E-state index contributed by atoms with van der Waals surface area (Å²) in [6.07, 6.45) is -1.27. The fourth-order valence-electron chi connectivity index (χ4n) is 10.7. The first-order valence-corrected chi connectivity index (χ1v) is 25.7. The van der Waals surface area contributed by atoms with Crippen LogP contribution in [0.15, 0.2) is 72.2 Å². The van der Waals surface area contributed by atoms with E-state index in [0.717, 1.165) is 53.6 Å². The third-order valence-electron chi connectivity index (χ3n) is 14.4. The maximum atomic E-state index is 14.2. The van der Waals surface area contributed by atoms with Crippen molar-refractivity contribution in [2.24, 2.45) is 16.2 Å². The number of nitrogens with zero attached hydrogens (tertiary/aromatic N) is 5. The third-order valence-corrected chi connectivity index (χ3v) is 15.7. The molecule has 5 atom stereocenters. The van der Waals surface area contributed by atoms with Gasteiger partial charge in [-0.2, -0.15) is 5.26 Å². The smallest absolute Gasteiger partial charge is 0.251 e. The number of benzene rings is 3. The van der Waals surface area contributed by atoms with Crippen molar-refractivity contribution >= 4 is 52.3 Å². The van der Waals surface area contributed by atoms with Crippen LogP contribution in [0, 0.1) is 34.5 Å². The normalized spacial score (nSPS) is 22.1. The van der Waals surface area contributed by atoms with Crippen molar-refractivity contribution < 1.29 is 33.8 Å². The molecule has 1 saturated carbocycles. The number of rotatable bonds is 16. The molecule has 0 bridgehead atoms. The monoisotopic (exact) mass is 1010 g/mol. The number of thiazole rings is 1. The quantitative estimate of drug-likeness (QED) is 0.0892. The average Bonchev–Trinajstić information content (AvgIpc) is 3.95. The second-order valence-electron chi connectivity index (χ2n) is 21.6. The van der Waals surface area contributed by atoms with Crippen LogP contribution in [-0.4, -0.2) is 126 Å². The summed E-state index contributed by atoms with van der Waals surface area (Å²) in [5.41, 5.74) is 5.24. The Morgan fingerprint density at radius 2 is 1.62 bits per heavy atom. The van der Waals surface area contributed by atoms with Gasteiger partial charge in [-0.25, -0.2) is 4.98 Å². The van der Waals surface area contributed by atoms with Gasteiger partial charge >= 0.3 is 0 Å². The number of aliphatic hydroxyl groups is 1. The number of likely N-dealkylation sites (tertiary alicyclic amines) is 1. The summed E-state index contributed by atoms with van der Waals surface area (Å²) in [4.78, 5) is 66.3. The second-order valence-corrected chi connectivity index (χ2v) is 22.9. The number of hydrogen-bond donors (Lipinski definition) is 4. The van der Waals surface area contributed by atoms with Crippen LogP contribution in [0.3, 0.4) is 0 Å². The molecule has 380 valence electrons. The largest absolute Gasteiger partial charge is 0.489 e. The molecule has 4 amide bonds. The third kappa shape index (κ3) is 12.0. The molecule has 3 aromatic carbocycles. The minimum atomic E-state index is -0.969. The SMILES string of the molecule is Cc1ncsc1-c1ccc([C@H](C)NC(=O)[C@@H]2C[C@@H](O)CN2C(=O)[C@@H](NC(=O)CO[C@@H](C)CN2CCN(c3ccc(C(=O)NC4C(C)(C)C(Oc5ccc(C#N)c(Cl)c5)C4(C)C)cc3)CC2)C(C)(C)C)cc1. The molecule has 0 spiro atoms. The molecule has 3 fully saturated rings. The number of halogens is 1. The van der Waals surface area contributed by atoms with E-state index in [9.17, 15) is 29.5 Å². The molecule has 4 aromatic rings. The molecular weight excluding hydrogens is 940 g/mol. The van der Waals surface area contributed by atoms with E-state index >= 15 is 0 Å². The fraction of sp³-hybridized carbons (Fsp3) is 0.519. The maximum absolute atomic E-state index is 14.2. The van der Waals surface area contributed by atoms with Crippen molar-refractivity contribution in [1.82, 2.24) is 30.7 Å². The number of β-amino-alcohol motifs (C(OH)–C–C–N with tert-alkyl or cyclic N) is 1. The number of aryl methyl sites for hydroxylation is 1. The fourth-order valence-corrected chi connectivity index (χ4v) is 11.7. The lowest BCUT2D eigenvalue weighted by Gasteiger charge is -2.63. The highest BCUT2D eigenvalue weighted by atomic mass is 35.5. The lowest BCUT2D eigenvalue weighted by molar-refractivity contribution is -0.164. The molecule has 1 aromatic heterocycles. The van der Waals surface area contributed by atoms with Crippen molar-refractivity contribution in [2.45, 2.75) is 118 Å². The van der Waals surface area contributed by atoms with Crippen LogP contribution in [0.25, 0.3) is 10.4 Å². The Bertz CT molecular complexity index is 2580. The van der Waals surface area contributed by atoms with Crippen molar-refractivity contribution in [3.8, 4) is 22.3 Å². The highest BCUT2D eigenvalue weighted by molar-refractivity contribution is 7.13. The summed E-state index contributed by atoms with van der Waals surface area (Å²) in [6.45, 7) is 23.1. The predicted octanol–water partition coefficient (Wildman–Crippen LogP) is 7.15. The Hall–Kier alpha value is -5.57. The van der Waals surface area contributed by atoms with E-state index in [1.165, 1.54) is 4.90 Å². The van der Waals surface area contributed by atoms with E-state index in [4.69, 9.17) is 21.1 Å². The molecule has 3 heterocycles. The number of carbonyl (C=O) groups excluding carboxylic acids is 4. The summed E-state index contributed by atoms with van der Waals surface area (Å²) in [5.74, 6) is -0.811. The van der Waals surface area contributed by atoms with Gasteiger partial charge in [-0.05, 0) is 73.7 Å². The molecule has 17 heteroatoms. The topological polar surface area (TPSA) is 189 Å². The molecular formula is C54H69ClN8O7S. The summed E-state index contributed by atoms with van der Waals surface area (Å²) in [6, 6.07) is 20.4. The molecule has 1 aliphatic carbocycles. The van der Waals surface area contributed by atoms with E-state index in [1.54, 1.807) is 29.5 Å². The number of carbonyl (C=O) groups is 4. The van der Waals surface area contributed by atoms with E-state index in [0.29, 0.717) is 28.4 Å². The zero-order chi connectivity index (χ0) is 51.6. The minimum Gasteiger partial charge on any atom is -0.489 e. The van der Waals surface area contributed by atoms with E-state index < -0.39 is 35.4 Å². The molecule has 2 aliphatic heterocycles. The van der Waals surface area contributed by atoms with Crippen LogP contribution in [0.4, 0.5) is 5.69 Å². The molecule has 4 N–H and O–H groups in total. The number of ether oxygens (including phenoxy) is 2. The standard InChI is InChI=1S/C54H69ClN8O7S/c1-32(28-61-21-23-62(24-22-61)39-18-15-37(16-19-39)47(66)60-50-53(7,8)51(54(50,9)10)70-41-20-17-38(27-56)42(55)26-41)69-30-44(65)59-46(52(4,5)6)49(68)63-29-40(64)25-43(63)48(67)58-33(2)35-11-13-36(14-12-35)45-34(3)57-31-71-45/h11-20,26,31-33,40,43,46,50-51,64H,21-25,28-30H2,1-10H3,(H,58,67)(H,59,65)(H,60,66)/t32-,33-,40+,43-,46+,50?,51?/m0/s1. The van der Waals surface area contributed by atoms with Crippen molar-refractivity contribution in [1.29, 1.82) is 5.26 Å². The van der Waals surface area contributed by atoms with E-state index in [1.807, 2.05) is 95.6 Å². The number of anilines is 1.